The first-order valence-corrected chi connectivity index (χ1v) is 6.65. The van der Waals surface area contributed by atoms with Gasteiger partial charge in [-0.1, -0.05) is 25.1 Å². The van der Waals surface area contributed by atoms with Crippen LogP contribution in [-0.4, -0.2) is 24.7 Å². The third-order valence-corrected chi connectivity index (χ3v) is 3.07. The Morgan fingerprint density at radius 2 is 2.05 bits per heavy atom. The van der Waals surface area contributed by atoms with Gasteiger partial charge < -0.3 is 0 Å². The van der Waals surface area contributed by atoms with Crippen LogP contribution < -0.4 is 0 Å². The number of rotatable bonds is 3. The maximum atomic E-state index is 5.99. The van der Waals surface area contributed by atoms with E-state index in [1.54, 1.807) is 23.1 Å². The van der Waals surface area contributed by atoms with Gasteiger partial charge in [-0.2, -0.15) is 20.1 Å². The smallest absolute Gasteiger partial charge is 0.206 e. The lowest BCUT2D eigenvalue weighted by Gasteiger charge is -2.05. The molecule has 0 N–H and O–H groups in total. The fourth-order valence-electron chi connectivity index (χ4n) is 1.89. The molecule has 3 aromatic rings. The van der Waals surface area contributed by atoms with Crippen LogP contribution in [0.3, 0.4) is 0 Å². The van der Waals surface area contributed by atoms with Gasteiger partial charge in [0, 0.05) is 18.0 Å². The van der Waals surface area contributed by atoms with Crippen LogP contribution in [-0.2, 0) is 6.42 Å². The Morgan fingerprint density at radius 3 is 2.80 bits per heavy atom. The fraction of sp³-hybridized carbons (Fsp3) is 0.143. The minimum Gasteiger partial charge on any atom is -0.206 e. The second-order valence-corrected chi connectivity index (χ2v) is 4.57. The molecule has 0 aliphatic heterocycles. The van der Waals surface area contributed by atoms with Gasteiger partial charge in [0.15, 0.2) is 5.82 Å². The molecule has 0 aliphatic rings. The molecule has 0 fully saturated rings. The Morgan fingerprint density at radius 1 is 1.15 bits per heavy atom. The van der Waals surface area contributed by atoms with Crippen molar-refractivity contribution < 1.29 is 0 Å². The molecule has 0 amide bonds. The Balaban J connectivity index is 2.09. The molecule has 20 heavy (non-hydrogen) atoms. The second kappa shape index (κ2) is 5.38. The highest BCUT2D eigenvalue weighted by atomic mass is 35.5. The van der Waals surface area contributed by atoms with Gasteiger partial charge in [0.25, 0.3) is 5.95 Å². The second-order valence-electron chi connectivity index (χ2n) is 4.23. The standard InChI is InChI=1S/C14H12ClN5/c1-2-10-5-3-6-11(9-10)12-17-13(15)19-14(18-12)20-8-4-7-16-20/h3-9H,2H2,1H3. The molecule has 0 radical (unpaired) electrons. The van der Waals surface area contributed by atoms with Gasteiger partial charge >= 0.3 is 0 Å². The maximum absolute atomic E-state index is 5.99. The Kier molecular flexibility index (Phi) is 3.43. The van der Waals surface area contributed by atoms with Crippen LogP contribution in [0.4, 0.5) is 0 Å². The van der Waals surface area contributed by atoms with Crippen molar-refractivity contribution in [2.45, 2.75) is 13.3 Å². The molecule has 2 aromatic heterocycles. The van der Waals surface area contributed by atoms with E-state index in [-0.39, 0.29) is 5.28 Å². The summed E-state index contributed by atoms with van der Waals surface area (Å²) in [5, 5.41) is 4.26. The number of hydrogen-bond acceptors (Lipinski definition) is 4. The molecule has 0 aliphatic carbocycles. The van der Waals surface area contributed by atoms with Crippen molar-refractivity contribution >= 4 is 11.6 Å². The third kappa shape index (κ3) is 2.53. The van der Waals surface area contributed by atoms with Gasteiger partial charge in [-0.15, -0.1) is 0 Å². The summed E-state index contributed by atoms with van der Waals surface area (Å²) in [6.45, 7) is 2.11. The molecule has 0 bridgehead atoms. The van der Waals surface area contributed by atoms with Crippen molar-refractivity contribution in [1.82, 2.24) is 24.7 Å². The molecule has 0 saturated carbocycles. The van der Waals surface area contributed by atoms with Crippen LogP contribution in [0.15, 0.2) is 42.7 Å². The first kappa shape index (κ1) is 12.7. The summed E-state index contributed by atoms with van der Waals surface area (Å²) in [5.74, 6) is 0.956. The summed E-state index contributed by atoms with van der Waals surface area (Å²) >= 11 is 5.99. The highest BCUT2D eigenvalue weighted by Gasteiger charge is 2.09. The van der Waals surface area contributed by atoms with Crippen LogP contribution in [0.5, 0.6) is 0 Å². The van der Waals surface area contributed by atoms with Crippen LogP contribution in [0.1, 0.15) is 12.5 Å². The largest absolute Gasteiger partial charge is 0.255 e. The fourth-order valence-corrected chi connectivity index (χ4v) is 2.04. The Bertz CT molecular complexity index is 724. The molecule has 5 nitrogen and oxygen atoms in total. The zero-order valence-corrected chi connectivity index (χ0v) is 11.6. The summed E-state index contributed by atoms with van der Waals surface area (Å²) in [6, 6.07) is 9.87. The molecule has 2 heterocycles. The predicted molar refractivity (Wildman–Crippen MR) is 76.8 cm³/mol. The zero-order chi connectivity index (χ0) is 13.9. The average molecular weight is 286 g/mol. The van der Waals surface area contributed by atoms with Gasteiger partial charge in [-0.3, -0.25) is 0 Å². The molecule has 0 atom stereocenters. The van der Waals surface area contributed by atoms with Crippen molar-refractivity contribution in [3.63, 3.8) is 0 Å². The molecule has 3 rings (SSSR count). The van der Waals surface area contributed by atoms with Crippen LogP contribution in [0.2, 0.25) is 5.28 Å². The molecule has 1 aromatic carbocycles. The molecular weight excluding hydrogens is 274 g/mol. The number of hydrogen-bond donors (Lipinski definition) is 0. The van der Waals surface area contributed by atoms with E-state index in [0.717, 1.165) is 12.0 Å². The van der Waals surface area contributed by atoms with Crippen LogP contribution in [0.25, 0.3) is 17.3 Å². The lowest BCUT2D eigenvalue weighted by molar-refractivity contribution is 0.797. The first-order chi connectivity index (χ1) is 9.76. The van der Waals surface area contributed by atoms with E-state index in [2.05, 4.69) is 39.1 Å². The van der Waals surface area contributed by atoms with E-state index in [0.29, 0.717) is 11.8 Å². The van der Waals surface area contributed by atoms with Crippen molar-refractivity contribution in [2.75, 3.05) is 0 Å². The summed E-state index contributed by atoms with van der Waals surface area (Å²) in [7, 11) is 0. The van der Waals surface area contributed by atoms with Crippen molar-refractivity contribution in [3.8, 4) is 17.3 Å². The van der Waals surface area contributed by atoms with Crippen molar-refractivity contribution in [1.29, 1.82) is 0 Å². The highest BCUT2D eigenvalue weighted by molar-refractivity contribution is 6.28. The normalized spacial score (nSPS) is 10.7. The first-order valence-electron chi connectivity index (χ1n) is 6.27. The van der Waals surface area contributed by atoms with E-state index in [1.165, 1.54) is 5.56 Å². The molecule has 0 unspecified atom stereocenters. The molecule has 6 heteroatoms. The molecule has 0 spiro atoms. The Hall–Kier alpha value is -2.27. The third-order valence-electron chi connectivity index (χ3n) is 2.90. The predicted octanol–water partition coefficient (Wildman–Crippen LogP) is 2.94. The summed E-state index contributed by atoms with van der Waals surface area (Å²) in [5.41, 5.74) is 2.14. The van der Waals surface area contributed by atoms with Gasteiger partial charge in [0.05, 0.1) is 0 Å². The number of benzene rings is 1. The summed E-state index contributed by atoms with van der Waals surface area (Å²) < 4.78 is 1.56. The minimum absolute atomic E-state index is 0.155. The topological polar surface area (TPSA) is 56.5 Å². The summed E-state index contributed by atoms with van der Waals surface area (Å²) in [4.78, 5) is 12.7. The molecular formula is C14H12ClN5. The number of aryl methyl sites for hydroxylation is 1. The van der Waals surface area contributed by atoms with Gasteiger partial charge in [0.2, 0.25) is 5.28 Å². The van der Waals surface area contributed by atoms with E-state index >= 15 is 0 Å². The number of nitrogens with zero attached hydrogens (tertiary/aromatic N) is 5. The molecule has 100 valence electrons. The number of aromatic nitrogens is 5. The minimum atomic E-state index is 0.155. The molecule has 0 saturated heterocycles. The van der Waals surface area contributed by atoms with E-state index in [9.17, 15) is 0 Å². The number of halogens is 1. The highest BCUT2D eigenvalue weighted by Crippen LogP contribution is 2.19. The monoisotopic (exact) mass is 285 g/mol. The zero-order valence-electron chi connectivity index (χ0n) is 10.9. The Labute approximate surface area is 121 Å². The van der Waals surface area contributed by atoms with Crippen LogP contribution >= 0.6 is 11.6 Å². The van der Waals surface area contributed by atoms with E-state index in [4.69, 9.17) is 11.6 Å². The van der Waals surface area contributed by atoms with E-state index < -0.39 is 0 Å². The van der Waals surface area contributed by atoms with Crippen molar-refractivity contribution in [2.24, 2.45) is 0 Å². The van der Waals surface area contributed by atoms with Gasteiger partial charge in [0.1, 0.15) is 0 Å². The lowest BCUT2D eigenvalue weighted by Crippen LogP contribution is -2.05. The van der Waals surface area contributed by atoms with Crippen molar-refractivity contribution in [3.05, 3.63) is 53.6 Å². The maximum Gasteiger partial charge on any atom is 0.255 e. The van der Waals surface area contributed by atoms with Gasteiger partial charge in [-0.05, 0) is 35.7 Å². The SMILES string of the molecule is CCc1cccc(-c2nc(Cl)nc(-n3cccn3)n2)c1. The lowest BCUT2D eigenvalue weighted by atomic mass is 10.1. The van der Waals surface area contributed by atoms with Gasteiger partial charge in [-0.25, -0.2) is 4.68 Å². The average Bonchev–Trinajstić information content (AvgIpc) is 3.01. The summed E-state index contributed by atoms with van der Waals surface area (Å²) in [6.07, 6.45) is 4.38. The van der Waals surface area contributed by atoms with E-state index in [1.807, 2.05) is 12.1 Å². The quantitative estimate of drug-likeness (QED) is 0.742. The van der Waals surface area contributed by atoms with Crippen LogP contribution in [0, 0.1) is 0 Å².